The Morgan fingerprint density at radius 1 is 1.14 bits per heavy atom. The highest BCUT2D eigenvalue weighted by Gasteiger charge is 2.17. The molecule has 1 amide bonds. The van der Waals surface area contributed by atoms with Gasteiger partial charge in [-0.3, -0.25) is 14.7 Å². The van der Waals surface area contributed by atoms with Crippen molar-refractivity contribution in [2.75, 3.05) is 13.1 Å². The summed E-state index contributed by atoms with van der Waals surface area (Å²) in [5, 5.41) is 3.06. The van der Waals surface area contributed by atoms with Crippen LogP contribution in [-0.2, 0) is 10.5 Å². The molecule has 0 bridgehead atoms. The van der Waals surface area contributed by atoms with E-state index in [4.69, 9.17) is 0 Å². The molecule has 0 spiro atoms. The zero-order valence-corrected chi connectivity index (χ0v) is 19.4. The molecule has 0 aliphatic heterocycles. The maximum Gasteiger partial charge on any atom is 0.259 e. The number of aliphatic imine (C=N–C) groups is 1. The molecule has 0 radical (unpaired) electrons. The Hall–Kier alpha value is -1.59. The molecule has 1 aromatic rings. The van der Waals surface area contributed by atoms with Crippen molar-refractivity contribution < 1.29 is 4.79 Å². The maximum absolute atomic E-state index is 12.8. The molecular weight excluding hydrogens is 366 g/mol. The molecule has 0 saturated carbocycles. The molecule has 0 aliphatic rings. The normalized spacial score (nSPS) is 12.7. The van der Waals surface area contributed by atoms with Gasteiger partial charge in [-0.2, -0.15) is 0 Å². The van der Waals surface area contributed by atoms with E-state index in [0.717, 1.165) is 12.3 Å². The first-order valence-electron chi connectivity index (χ1n) is 10.1. The molecule has 0 unspecified atom stereocenters. The highest BCUT2D eigenvalue weighted by Crippen LogP contribution is 2.29. The van der Waals surface area contributed by atoms with Gasteiger partial charge in [-0.15, -0.1) is 11.8 Å². The van der Waals surface area contributed by atoms with Crippen LogP contribution in [0.3, 0.4) is 0 Å². The third kappa shape index (κ3) is 7.44. The average molecular weight is 404 g/mol. The van der Waals surface area contributed by atoms with Crippen LogP contribution >= 0.6 is 11.8 Å². The predicted molar refractivity (Wildman–Crippen MR) is 124 cm³/mol. The van der Waals surface area contributed by atoms with Crippen molar-refractivity contribution in [3.63, 3.8) is 0 Å². The van der Waals surface area contributed by atoms with E-state index in [1.165, 1.54) is 22.9 Å². The smallest absolute Gasteiger partial charge is 0.259 e. The van der Waals surface area contributed by atoms with Gasteiger partial charge >= 0.3 is 0 Å². The minimum Gasteiger partial charge on any atom is -0.350 e. The second-order valence-corrected chi connectivity index (χ2v) is 8.88. The first kappa shape index (κ1) is 24.4. The number of nitrogens with one attached hydrogen (secondary N) is 1. The molecule has 1 rings (SSSR count). The third-order valence-electron chi connectivity index (χ3n) is 4.80. The Bertz CT molecular complexity index is 672. The standard InChI is InChI=1S/C23H37N3OS/c1-16(2)21-12-10-9-11-20(21)15-28-22(19(7)24-8)23(27)25-13-14-26(17(3)4)18(5)6/h9-12,16-18H,8,13-15H2,1-7H3,(H,25,27)/b22-19-. The number of hydrogen-bond donors (Lipinski definition) is 1. The third-order valence-corrected chi connectivity index (χ3v) is 6.03. The summed E-state index contributed by atoms with van der Waals surface area (Å²) in [6.07, 6.45) is 0. The number of amides is 1. The number of carbonyl (C=O) groups is 1. The Kier molecular flexibility index (Phi) is 10.5. The van der Waals surface area contributed by atoms with Crippen LogP contribution in [0.4, 0.5) is 0 Å². The van der Waals surface area contributed by atoms with Crippen LogP contribution in [0.5, 0.6) is 0 Å². The lowest BCUT2D eigenvalue weighted by Gasteiger charge is -2.30. The Labute approximate surface area is 175 Å². The van der Waals surface area contributed by atoms with Crippen molar-refractivity contribution in [1.82, 2.24) is 10.2 Å². The highest BCUT2D eigenvalue weighted by atomic mass is 32.2. The van der Waals surface area contributed by atoms with Crippen molar-refractivity contribution in [2.24, 2.45) is 4.99 Å². The van der Waals surface area contributed by atoms with Crippen LogP contribution in [0.15, 0.2) is 39.9 Å². The van der Waals surface area contributed by atoms with Crippen molar-refractivity contribution in [3.8, 4) is 0 Å². The fraction of sp³-hybridized carbons (Fsp3) is 0.565. The van der Waals surface area contributed by atoms with Crippen molar-refractivity contribution in [3.05, 3.63) is 46.0 Å². The molecule has 5 heteroatoms. The number of thioether (sulfide) groups is 1. The van der Waals surface area contributed by atoms with Gasteiger partial charge in [-0.05, 0) is 58.4 Å². The number of benzene rings is 1. The van der Waals surface area contributed by atoms with Gasteiger partial charge in [0.25, 0.3) is 5.91 Å². The molecule has 0 aromatic heterocycles. The Morgan fingerprint density at radius 3 is 2.29 bits per heavy atom. The molecular formula is C23H37N3OS. The summed E-state index contributed by atoms with van der Waals surface area (Å²) in [5.74, 6) is 1.13. The number of nitrogens with zero attached hydrogens (tertiary/aromatic N) is 2. The van der Waals surface area contributed by atoms with Gasteiger partial charge < -0.3 is 5.32 Å². The van der Waals surface area contributed by atoms with E-state index < -0.39 is 0 Å². The summed E-state index contributed by atoms with van der Waals surface area (Å²) in [6.45, 7) is 20.0. The minimum atomic E-state index is -0.0654. The van der Waals surface area contributed by atoms with Gasteiger partial charge in [0.2, 0.25) is 0 Å². The molecule has 1 aromatic carbocycles. The summed E-state index contributed by atoms with van der Waals surface area (Å²) >= 11 is 1.54. The molecule has 28 heavy (non-hydrogen) atoms. The molecule has 0 saturated heterocycles. The molecule has 0 aliphatic carbocycles. The molecule has 1 N–H and O–H groups in total. The second kappa shape index (κ2) is 12.1. The van der Waals surface area contributed by atoms with E-state index in [0.29, 0.717) is 35.1 Å². The van der Waals surface area contributed by atoms with Crippen LogP contribution in [0, 0.1) is 0 Å². The number of allylic oxidation sites excluding steroid dienone is 1. The molecule has 4 nitrogen and oxygen atoms in total. The van der Waals surface area contributed by atoms with Crippen LogP contribution in [0.1, 0.15) is 65.5 Å². The lowest BCUT2D eigenvalue weighted by atomic mass is 9.98. The topological polar surface area (TPSA) is 44.7 Å². The summed E-state index contributed by atoms with van der Waals surface area (Å²) in [5.41, 5.74) is 3.26. The molecule has 156 valence electrons. The lowest BCUT2D eigenvalue weighted by Crippen LogP contribution is -2.42. The minimum absolute atomic E-state index is 0.0654. The van der Waals surface area contributed by atoms with E-state index in [1.807, 2.05) is 6.92 Å². The van der Waals surface area contributed by atoms with Crippen LogP contribution in [0.2, 0.25) is 0 Å². The molecule has 0 atom stereocenters. The fourth-order valence-electron chi connectivity index (χ4n) is 3.28. The average Bonchev–Trinajstić information content (AvgIpc) is 2.64. The van der Waals surface area contributed by atoms with Crippen molar-refractivity contribution in [2.45, 2.75) is 72.2 Å². The van der Waals surface area contributed by atoms with Gasteiger partial charge in [-0.25, -0.2) is 0 Å². The Morgan fingerprint density at radius 2 is 1.75 bits per heavy atom. The molecule has 0 heterocycles. The fourth-order valence-corrected chi connectivity index (χ4v) is 4.32. The lowest BCUT2D eigenvalue weighted by molar-refractivity contribution is -0.116. The van der Waals surface area contributed by atoms with Crippen molar-refractivity contribution >= 4 is 24.4 Å². The Balaban J connectivity index is 2.79. The largest absolute Gasteiger partial charge is 0.350 e. The first-order valence-corrected chi connectivity index (χ1v) is 11.1. The van der Waals surface area contributed by atoms with Gasteiger partial charge in [0.05, 0.1) is 10.6 Å². The van der Waals surface area contributed by atoms with Gasteiger partial charge in [0.15, 0.2) is 0 Å². The zero-order valence-electron chi connectivity index (χ0n) is 18.6. The van der Waals surface area contributed by atoms with E-state index in [2.05, 4.69) is 87.7 Å². The maximum atomic E-state index is 12.8. The van der Waals surface area contributed by atoms with E-state index in [9.17, 15) is 4.79 Å². The SMILES string of the molecule is C=N/C(C)=C(\SCc1ccccc1C(C)C)C(=O)NCCN(C(C)C)C(C)C. The number of rotatable bonds is 11. The quantitative estimate of drug-likeness (QED) is 0.407. The summed E-state index contributed by atoms with van der Waals surface area (Å²) in [6, 6.07) is 9.32. The number of carbonyl (C=O) groups excluding carboxylic acids is 1. The summed E-state index contributed by atoms with van der Waals surface area (Å²) in [4.78, 5) is 19.8. The van der Waals surface area contributed by atoms with Crippen LogP contribution in [-0.4, -0.2) is 42.7 Å². The van der Waals surface area contributed by atoms with Gasteiger partial charge in [0, 0.05) is 30.9 Å². The van der Waals surface area contributed by atoms with Crippen LogP contribution in [0.25, 0.3) is 0 Å². The van der Waals surface area contributed by atoms with Gasteiger partial charge in [0.1, 0.15) is 0 Å². The van der Waals surface area contributed by atoms with Crippen LogP contribution < -0.4 is 5.32 Å². The van der Waals surface area contributed by atoms with E-state index >= 15 is 0 Å². The highest BCUT2D eigenvalue weighted by molar-refractivity contribution is 8.03. The van der Waals surface area contributed by atoms with Gasteiger partial charge in [-0.1, -0.05) is 38.1 Å². The van der Waals surface area contributed by atoms with E-state index in [-0.39, 0.29) is 5.91 Å². The predicted octanol–water partition coefficient (Wildman–Crippen LogP) is 5.21. The molecule has 0 fully saturated rings. The zero-order chi connectivity index (χ0) is 21.3. The monoisotopic (exact) mass is 403 g/mol. The van der Waals surface area contributed by atoms with Crippen molar-refractivity contribution in [1.29, 1.82) is 0 Å². The summed E-state index contributed by atoms with van der Waals surface area (Å²) < 4.78 is 0. The van der Waals surface area contributed by atoms with E-state index in [1.54, 1.807) is 0 Å². The second-order valence-electron chi connectivity index (χ2n) is 7.90. The number of hydrogen-bond acceptors (Lipinski definition) is 4. The summed E-state index contributed by atoms with van der Waals surface area (Å²) in [7, 11) is 0. The first-order chi connectivity index (χ1) is 13.2.